The molecule has 10 nitrogen and oxygen atoms in total. The van der Waals surface area contributed by atoms with Gasteiger partial charge in [-0.2, -0.15) is 0 Å². The van der Waals surface area contributed by atoms with E-state index in [-0.39, 0.29) is 31.9 Å². The molecule has 1 aliphatic rings. The molecular formula is C33H38N4O6. The number of nitrogens with two attached hydrogens (primary N) is 1. The van der Waals surface area contributed by atoms with E-state index < -0.39 is 41.7 Å². The number of carbonyl (C=O) groups excluding carboxylic acids is 4. The van der Waals surface area contributed by atoms with Crippen molar-refractivity contribution in [3.8, 4) is 11.1 Å². The second-order valence-corrected chi connectivity index (χ2v) is 11.4. The van der Waals surface area contributed by atoms with Crippen LogP contribution in [-0.4, -0.2) is 54.8 Å². The van der Waals surface area contributed by atoms with Gasteiger partial charge in [0.15, 0.2) is 0 Å². The number of rotatable bonds is 11. The van der Waals surface area contributed by atoms with Crippen molar-refractivity contribution in [1.82, 2.24) is 16.0 Å². The molecule has 0 radical (unpaired) electrons. The quantitative estimate of drug-likeness (QED) is 0.267. The van der Waals surface area contributed by atoms with Gasteiger partial charge in [0.05, 0.1) is 0 Å². The fourth-order valence-electron chi connectivity index (χ4n) is 5.03. The summed E-state index contributed by atoms with van der Waals surface area (Å²) in [7, 11) is 0. The van der Waals surface area contributed by atoms with Gasteiger partial charge in [-0.25, -0.2) is 9.59 Å². The third-order valence-corrected chi connectivity index (χ3v) is 7.00. The molecule has 10 heteroatoms. The van der Waals surface area contributed by atoms with Crippen LogP contribution in [0.2, 0.25) is 0 Å². The average Bonchev–Trinajstić information content (AvgIpc) is 3.28. The summed E-state index contributed by atoms with van der Waals surface area (Å²) in [6.45, 7) is 5.27. The van der Waals surface area contributed by atoms with Gasteiger partial charge in [-0.05, 0) is 55.0 Å². The van der Waals surface area contributed by atoms with Gasteiger partial charge >= 0.3 is 12.2 Å². The topological polar surface area (TPSA) is 149 Å². The van der Waals surface area contributed by atoms with Crippen LogP contribution in [-0.2, 0) is 25.5 Å². The lowest BCUT2D eigenvalue weighted by Crippen LogP contribution is -2.54. The number of primary amides is 1. The van der Waals surface area contributed by atoms with E-state index in [1.54, 1.807) is 20.8 Å². The Labute approximate surface area is 251 Å². The molecule has 0 aliphatic heterocycles. The summed E-state index contributed by atoms with van der Waals surface area (Å²) in [5, 5.41) is 7.83. The fraction of sp³-hybridized carbons (Fsp3) is 0.333. The number of nitrogens with one attached hydrogen (secondary N) is 3. The SMILES string of the molecule is CC(C)(C)OC(=O)NCC[C@H](NC(=O)OCC1c2ccccc2-c2ccccc21)C(=O)N[C@@H](Cc1ccccc1)C(N)=O. The second kappa shape index (κ2) is 13.9. The first-order valence-electron chi connectivity index (χ1n) is 14.2. The van der Waals surface area contributed by atoms with Crippen LogP contribution in [0, 0.1) is 0 Å². The zero-order valence-corrected chi connectivity index (χ0v) is 24.6. The number of benzene rings is 3. The minimum Gasteiger partial charge on any atom is -0.449 e. The lowest BCUT2D eigenvalue weighted by Gasteiger charge is -2.23. The van der Waals surface area contributed by atoms with Gasteiger partial charge in [0.25, 0.3) is 0 Å². The molecule has 0 heterocycles. The maximum Gasteiger partial charge on any atom is 0.407 e. The summed E-state index contributed by atoms with van der Waals surface area (Å²) in [4.78, 5) is 50.7. The lowest BCUT2D eigenvalue weighted by atomic mass is 9.98. The first-order chi connectivity index (χ1) is 20.5. The molecule has 5 N–H and O–H groups in total. The molecule has 0 saturated carbocycles. The number of ether oxygens (including phenoxy) is 2. The third kappa shape index (κ3) is 8.57. The zero-order valence-electron chi connectivity index (χ0n) is 24.6. The van der Waals surface area contributed by atoms with Crippen LogP contribution in [0.5, 0.6) is 0 Å². The Morgan fingerprint density at radius 1 is 0.791 bits per heavy atom. The third-order valence-electron chi connectivity index (χ3n) is 7.00. The van der Waals surface area contributed by atoms with E-state index in [0.29, 0.717) is 0 Å². The highest BCUT2D eigenvalue weighted by molar-refractivity contribution is 5.91. The molecule has 0 bridgehead atoms. The van der Waals surface area contributed by atoms with Crippen molar-refractivity contribution in [2.75, 3.05) is 13.2 Å². The molecule has 0 unspecified atom stereocenters. The van der Waals surface area contributed by atoms with Crippen LogP contribution >= 0.6 is 0 Å². The smallest absolute Gasteiger partial charge is 0.407 e. The van der Waals surface area contributed by atoms with Crippen molar-refractivity contribution in [3.63, 3.8) is 0 Å². The molecule has 1 aliphatic carbocycles. The summed E-state index contributed by atoms with van der Waals surface area (Å²) in [5.74, 6) is -1.52. The molecule has 0 saturated heterocycles. The van der Waals surface area contributed by atoms with Gasteiger partial charge in [-0.15, -0.1) is 0 Å². The largest absolute Gasteiger partial charge is 0.449 e. The standard InChI is InChI=1S/C33H38N4O6/c1-33(2,3)43-31(40)35-18-17-27(30(39)36-28(29(34)38)19-21-11-5-4-6-12-21)37-32(41)42-20-26-24-15-9-7-13-22(24)23-14-8-10-16-25(23)26/h4-16,26-28H,17-20H2,1-3H3,(H2,34,38)(H,35,40)(H,36,39)(H,37,41)/t27-,28-/m0/s1. The van der Waals surface area contributed by atoms with Gasteiger partial charge in [-0.3, -0.25) is 9.59 Å². The number of amides is 4. The van der Waals surface area contributed by atoms with E-state index in [4.69, 9.17) is 15.2 Å². The number of carbonyl (C=O) groups is 4. The highest BCUT2D eigenvalue weighted by Gasteiger charge is 2.31. The Morgan fingerprint density at radius 3 is 1.95 bits per heavy atom. The maximum absolute atomic E-state index is 13.3. The van der Waals surface area contributed by atoms with Crippen LogP contribution < -0.4 is 21.7 Å². The molecule has 43 heavy (non-hydrogen) atoms. The van der Waals surface area contributed by atoms with E-state index in [0.717, 1.165) is 27.8 Å². The first-order valence-corrected chi connectivity index (χ1v) is 14.2. The predicted octanol–water partition coefficient (Wildman–Crippen LogP) is 4.02. The molecular weight excluding hydrogens is 548 g/mol. The minimum absolute atomic E-state index is 0.00604. The summed E-state index contributed by atoms with van der Waals surface area (Å²) < 4.78 is 10.9. The Morgan fingerprint density at radius 2 is 1.37 bits per heavy atom. The summed E-state index contributed by atoms with van der Waals surface area (Å²) in [6.07, 6.45) is -1.29. The van der Waals surface area contributed by atoms with Crippen molar-refractivity contribution in [2.45, 2.75) is 57.2 Å². The Bertz CT molecular complexity index is 1410. The number of alkyl carbamates (subject to hydrolysis) is 2. The van der Waals surface area contributed by atoms with Crippen LogP contribution in [0.1, 0.15) is 49.8 Å². The van der Waals surface area contributed by atoms with Crippen LogP contribution in [0.3, 0.4) is 0 Å². The molecule has 0 fully saturated rings. The van der Waals surface area contributed by atoms with Gasteiger partial charge in [0.1, 0.15) is 24.3 Å². The van der Waals surface area contributed by atoms with Crippen molar-refractivity contribution in [3.05, 3.63) is 95.6 Å². The monoisotopic (exact) mass is 586 g/mol. The van der Waals surface area contributed by atoms with Gasteiger partial charge in [0, 0.05) is 18.9 Å². The van der Waals surface area contributed by atoms with E-state index in [9.17, 15) is 19.2 Å². The molecule has 0 aromatic heterocycles. The highest BCUT2D eigenvalue weighted by Crippen LogP contribution is 2.44. The number of hydrogen-bond donors (Lipinski definition) is 4. The van der Waals surface area contributed by atoms with E-state index >= 15 is 0 Å². The zero-order chi connectivity index (χ0) is 31.0. The molecule has 226 valence electrons. The Kier molecular flexibility index (Phi) is 10.0. The van der Waals surface area contributed by atoms with Crippen molar-refractivity contribution in [1.29, 1.82) is 0 Å². The maximum atomic E-state index is 13.3. The predicted molar refractivity (Wildman–Crippen MR) is 162 cm³/mol. The van der Waals surface area contributed by atoms with Gasteiger partial charge in [0.2, 0.25) is 11.8 Å². The molecule has 4 rings (SSSR count). The summed E-state index contributed by atoms with van der Waals surface area (Å²) >= 11 is 0. The van der Waals surface area contributed by atoms with Crippen LogP contribution in [0.15, 0.2) is 78.9 Å². The molecule has 4 amide bonds. The normalized spacial score (nSPS) is 13.6. The lowest BCUT2D eigenvalue weighted by molar-refractivity contribution is -0.128. The minimum atomic E-state index is -1.14. The van der Waals surface area contributed by atoms with Crippen molar-refractivity contribution in [2.24, 2.45) is 5.73 Å². The number of fused-ring (bicyclic) bond motifs is 3. The fourth-order valence-corrected chi connectivity index (χ4v) is 5.03. The molecule has 2 atom stereocenters. The Balaban J connectivity index is 1.42. The molecule has 0 spiro atoms. The first kappa shape index (κ1) is 31.1. The highest BCUT2D eigenvalue weighted by atomic mass is 16.6. The van der Waals surface area contributed by atoms with E-state index in [2.05, 4.69) is 16.0 Å². The van der Waals surface area contributed by atoms with Crippen LogP contribution in [0.25, 0.3) is 11.1 Å². The van der Waals surface area contributed by atoms with Crippen LogP contribution in [0.4, 0.5) is 9.59 Å². The Hall–Kier alpha value is -4.86. The summed E-state index contributed by atoms with van der Waals surface area (Å²) in [6, 6.07) is 22.9. The average molecular weight is 587 g/mol. The van der Waals surface area contributed by atoms with E-state index in [1.807, 2.05) is 78.9 Å². The van der Waals surface area contributed by atoms with Gasteiger partial charge < -0.3 is 31.2 Å². The van der Waals surface area contributed by atoms with Crippen molar-refractivity contribution >= 4 is 24.0 Å². The second-order valence-electron chi connectivity index (χ2n) is 11.4. The number of hydrogen-bond acceptors (Lipinski definition) is 6. The summed E-state index contributed by atoms with van der Waals surface area (Å²) in [5.41, 5.74) is 9.98. The van der Waals surface area contributed by atoms with Crippen molar-refractivity contribution < 1.29 is 28.7 Å². The molecule has 3 aromatic rings. The molecule has 3 aromatic carbocycles. The van der Waals surface area contributed by atoms with E-state index in [1.165, 1.54) is 0 Å². The van der Waals surface area contributed by atoms with Gasteiger partial charge in [-0.1, -0.05) is 78.9 Å².